The van der Waals surface area contributed by atoms with E-state index in [1.165, 1.54) is 0 Å². The number of hydrogen-bond donors (Lipinski definition) is 4. The number of amides is 2. The lowest BCUT2D eigenvalue weighted by molar-refractivity contribution is -0.121. The lowest BCUT2D eigenvalue weighted by Crippen LogP contribution is -2.30. The zero-order chi connectivity index (χ0) is 16.7. The first-order valence-corrected chi connectivity index (χ1v) is 7.23. The van der Waals surface area contributed by atoms with Gasteiger partial charge in [-0.1, -0.05) is 12.1 Å². The fourth-order valence-corrected chi connectivity index (χ4v) is 1.93. The van der Waals surface area contributed by atoms with Crippen LogP contribution in [0, 0.1) is 0 Å². The van der Waals surface area contributed by atoms with Crippen LogP contribution in [0.15, 0.2) is 48.5 Å². The van der Waals surface area contributed by atoms with Gasteiger partial charge < -0.3 is 21.5 Å². The van der Waals surface area contributed by atoms with Crippen LogP contribution >= 0.6 is 0 Å². The molecule has 0 aliphatic heterocycles. The third-order valence-corrected chi connectivity index (χ3v) is 3.24. The molecule has 120 valence electrons. The van der Waals surface area contributed by atoms with Gasteiger partial charge in [0.15, 0.2) is 0 Å². The summed E-state index contributed by atoms with van der Waals surface area (Å²) in [5.41, 5.74) is 7.54. The summed E-state index contributed by atoms with van der Waals surface area (Å²) < 4.78 is 0. The molecule has 23 heavy (non-hydrogen) atoms. The van der Waals surface area contributed by atoms with Crippen LogP contribution in [0.5, 0.6) is 5.75 Å². The van der Waals surface area contributed by atoms with Crippen molar-refractivity contribution in [2.75, 3.05) is 12.3 Å². The molecule has 0 saturated carbocycles. The topological polar surface area (TPSA) is 104 Å². The highest BCUT2D eigenvalue weighted by Gasteiger charge is 2.06. The first-order valence-electron chi connectivity index (χ1n) is 7.23. The maximum absolute atomic E-state index is 11.8. The second kappa shape index (κ2) is 7.84. The first kappa shape index (κ1) is 16.4. The van der Waals surface area contributed by atoms with E-state index in [9.17, 15) is 14.7 Å². The number of phenolic OH excluding ortho intramolecular Hbond substituents is 1. The molecule has 0 atom stereocenters. The lowest BCUT2D eigenvalue weighted by atomic mass is 10.2. The monoisotopic (exact) mass is 313 g/mol. The smallest absolute Gasteiger partial charge is 0.251 e. The summed E-state index contributed by atoms with van der Waals surface area (Å²) in [5, 5.41) is 14.6. The normalized spacial score (nSPS) is 10.1. The number of nitrogens with two attached hydrogens (primary N) is 1. The Hall–Kier alpha value is -3.02. The van der Waals surface area contributed by atoms with Gasteiger partial charge in [0.1, 0.15) is 5.75 Å². The SMILES string of the molecule is Nc1ccc(C(=O)NCCC(=O)NCc2ccc(O)cc2)cc1. The standard InChI is InChI=1S/C17H19N3O3/c18-14-5-3-13(4-6-14)17(23)19-10-9-16(22)20-11-12-1-7-15(21)8-2-12/h1-8,21H,9-11,18H2,(H,19,23)(H,20,22). The van der Waals surface area contributed by atoms with E-state index in [0.717, 1.165) is 5.56 Å². The minimum absolute atomic E-state index is 0.157. The average molecular weight is 313 g/mol. The van der Waals surface area contributed by atoms with E-state index in [2.05, 4.69) is 10.6 Å². The van der Waals surface area contributed by atoms with Crippen molar-refractivity contribution < 1.29 is 14.7 Å². The van der Waals surface area contributed by atoms with Gasteiger partial charge in [0.25, 0.3) is 5.91 Å². The van der Waals surface area contributed by atoms with Gasteiger partial charge in [0, 0.05) is 30.8 Å². The molecular formula is C17H19N3O3. The Labute approximate surface area is 134 Å². The van der Waals surface area contributed by atoms with Crippen LogP contribution in [0.3, 0.4) is 0 Å². The predicted molar refractivity (Wildman–Crippen MR) is 87.8 cm³/mol. The molecule has 5 N–H and O–H groups in total. The van der Waals surface area contributed by atoms with Gasteiger partial charge in [-0.25, -0.2) is 0 Å². The van der Waals surface area contributed by atoms with E-state index in [-0.39, 0.29) is 30.5 Å². The first-order chi connectivity index (χ1) is 11.0. The molecule has 0 aliphatic carbocycles. The van der Waals surface area contributed by atoms with Crippen LogP contribution in [0.1, 0.15) is 22.3 Å². The summed E-state index contributed by atoms with van der Waals surface area (Å²) in [4.78, 5) is 23.6. The largest absolute Gasteiger partial charge is 0.508 e. The van der Waals surface area contributed by atoms with E-state index < -0.39 is 0 Å². The maximum atomic E-state index is 11.8. The summed E-state index contributed by atoms with van der Waals surface area (Å²) in [5.74, 6) is -0.211. The number of phenols is 1. The number of benzene rings is 2. The van der Waals surface area contributed by atoms with Crippen molar-refractivity contribution >= 4 is 17.5 Å². The summed E-state index contributed by atoms with van der Waals surface area (Å²) in [6.07, 6.45) is 0.193. The number of aromatic hydroxyl groups is 1. The second-order valence-corrected chi connectivity index (χ2v) is 5.07. The van der Waals surface area contributed by atoms with E-state index in [4.69, 9.17) is 5.73 Å². The maximum Gasteiger partial charge on any atom is 0.251 e. The van der Waals surface area contributed by atoms with Crippen LogP contribution in [0.4, 0.5) is 5.69 Å². The quantitative estimate of drug-likeness (QED) is 0.605. The van der Waals surface area contributed by atoms with E-state index >= 15 is 0 Å². The molecule has 0 spiro atoms. The Bertz CT molecular complexity index is 666. The molecule has 6 heteroatoms. The summed E-state index contributed by atoms with van der Waals surface area (Å²) >= 11 is 0. The molecule has 0 unspecified atom stereocenters. The van der Waals surface area contributed by atoms with Crippen molar-refractivity contribution in [2.24, 2.45) is 0 Å². The zero-order valence-electron chi connectivity index (χ0n) is 12.6. The number of carbonyl (C=O) groups excluding carboxylic acids is 2. The Morgan fingerprint density at radius 2 is 1.61 bits per heavy atom. The predicted octanol–water partition coefficient (Wildman–Crippen LogP) is 1.41. The van der Waals surface area contributed by atoms with E-state index in [1.54, 1.807) is 48.5 Å². The number of nitrogen functional groups attached to an aromatic ring is 1. The molecule has 2 amide bonds. The van der Waals surface area contributed by atoms with Gasteiger partial charge in [0.05, 0.1) is 0 Å². The van der Waals surface area contributed by atoms with E-state index in [0.29, 0.717) is 17.8 Å². The van der Waals surface area contributed by atoms with Crippen LogP contribution in [0.2, 0.25) is 0 Å². The molecule has 0 bridgehead atoms. The van der Waals surface area contributed by atoms with Crippen molar-refractivity contribution in [1.82, 2.24) is 10.6 Å². The number of carbonyl (C=O) groups is 2. The third-order valence-electron chi connectivity index (χ3n) is 3.24. The van der Waals surface area contributed by atoms with Crippen molar-refractivity contribution in [3.8, 4) is 5.75 Å². The molecule has 0 saturated heterocycles. The highest BCUT2D eigenvalue weighted by Crippen LogP contribution is 2.09. The van der Waals surface area contributed by atoms with Crippen molar-refractivity contribution in [1.29, 1.82) is 0 Å². The molecule has 0 fully saturated rings. The van der Waals surface area contributed by atoms with Crippen molar-refractivity contribution in [3.05, 3.63) is 59.7 Å². The molecule has 6 nitrogen and oxygen atoms in total. The fraction of sp³-hybridized carbons (Fsp3) is 0.176. The molecule has 0 aromatic heterocycles. The summed E-state index contributed by atoms with van der Waals surface area (Å²) in [6.45, 7) is 0.635. The van der Waals surface area contributed by atoms with Crippen LogP contribution in [-0.4, -0.2) is 23.5 Å². The molecule has 0 heterocycles. The highest BCUT2D eigenvalue weighted by atomic mass is 16.3. The van der Waals surface area contributed by atoms with Gasteiger partial charge in [-0.2, -0.15) is 0 Å². The van der Waals surface area contributed by atoms with Gasteiger partial charge >= 0.3 is 0 Å². The summed E-state index contributed by atoms with van der Waals surface area (Å²) in [6, 6.07) is 13.2. The Balaban J connectivity index is 1.69. The minimum Gasteiger partial charge on any atom is -0.508 e. The minimum atomic E-state index is -0.240. The third kappa shape index (κ3) is 5.35. The summed E-state index contributed by atoms with van der Waals surface area (Å²) in [7, 11) is 0. The van der Waals surface area contributed by atoms with Crippen LogP contribution in [0.25, 0.3) is 0 Å². The second-order valence-electron chi connectivity index (χ2n) is 5.07. The lowest BCUT2D eigenvalue weighted by Gasteiger charge is -2.07. The average Bonchev–Trinajstić information content (AvgIpc) is 2.55. The Morgan fingerprint density at radius 1 is 0.957 bits per heavy atom. The molecule has 0 radical (unpaired) electrons. The molecule has 2 rings (SSSR count). The van der Waals surface area contributed by atoms with Gasteiger partial charge in [-0.15, -0.1) is 0 Å². The number of nitrogens with one attached hydrogen (secondary N) is 2. The molecule has 2 aromatic rings. The number of anilines is 1. The Morgan fingerprint density at radius 3 is 2.26 bits per heavy atom. The van der Waals surface area contributed by atoms with Gasteiger partial charge in [-0.3, -0.25) is 9.59 Å². The highest BCUT2D eigenvalue weighted by molar-refractivity contribution is 5.94. The Kier molecular flexibility index (Phi) is 5.57. The number of hydrogen-bond acceptors (Lipinski definition) is 4. The van der Waals surface area contributed by atoms with Crippen LogP contribution < -0.4 is 16.4 Å². The number of rotatable bonds is 6. The van der Waals surface area contributed by atoms with Crippen molar-refractivity contribution in [3.63, 3.8) is 0 Å². The van der Waals surface area contributed by atoms with Crippen molar-refractivity contribution in [2.45, 2.75) is 13.0 Å². The zero-order valence-corrected chi connectivity index (χ0v) is 12.6. The molecular weight excluding hydrogens is 294 g/mol. The molecule has 0 aliphatic rings. The van der Waals surface area contributed by atoms with Gasteiger partial charge in [0.2, 0.25) is 5.91 Å². The van der Waals surface area contributed by atoms with E-state index in [1.807, 2.05) is 0 Å². The van der Waals surface area contributed by atoms with Gasteiger partial charge in [-0.05, 0) is 42.0 Å². The van der Waals surface area contributed by atoms with Crippen LogP contribution in [-0.2, 0) is 11.3 Å². The fourth-order valence-electron chi connectivity index (χ4n) is 1.93. The molecule has 2 aromatic carbocycles.